The highest BCUT2D eigenvalue weighted by atomic mass is 35.5. The first-order valence-corrected chi connectivity index (χ1v) is 13.8. The Hall–Kier alpha value is -2.84. The number of amides is 1. The maximum Gasteiger partial charge on any atom is 0.490 e. The largest absolute Gasteiger partial charge is 0.490 e. The Bertz CT molecular complexity index is 1090. The monoisotopic (exact) mass is 630 g/mol. The second-order valence-electron chi connectivity index (χ2n) is 9.19. The van der Waals surface area contributed by atoms with Crippen LogP contribution in [0.3, 0.4) is 0 Å². The Morgan fingerprint density at radius 3 is 2.20 bits per heavy atom. The molecule has 0 radical (unpaired) electrons. The maximum absolute atomic E-state index is 12.1. The number of esters is 1. The van der Waals surface area contributed by atoms with Gasteiger partial charge in [0.2, 0.25) is 5.91 Å². The number of carboxylic acids is 1. The van der Waals surface area contributed by atoms with Crippen molar-refractivity contribution in [2.75, 3.05) is 42.9 Å². The first kappa shape index (κ1) is 38.2. The zero-order chi connectivity index (χ0) is 31.8. The summed E-state index contributed by atoms with van der Waals surface area (Å²) in [7, 11) is 1.87. The molecule has 0 saturated carbocycles. The Labute approximate surface area is 247 Å². The van der Waals surface area contributed by atoms with E-state index in [-0.39, 0.29) is 13.2 Å². The highest BCUT2D eigenvalue weighted by Crippen LogP contribution is 2.21. The number of carbonyl (C=O) groups is 3. The van der Waals surface area contributed by atoms with Gasteiger partial charge in [-0.15, -0.1) is 23.2 Å². The normalized spacial score (nSPS) is 11.6. The third-order valence-electron chi connectivity index (χ3n) is 4.83. The number of halogens is 5. The number of imidazole rings is 1. The second-order valence-corrected chi connectivity index (χ2v) is 9.95. The van der Waals surface area contributed by atoms with Crippen molar-refractivity contribution in [3.05, 3.63) is 18.1 Å². The average Bonchev–Trinajstić information content (AvgIpc) is 3.19. The number of fused-ring (bicyclic) bond motifs is 1. The molecule has 1 unspecified atom stereocenters. The summed E-state index contributed by atoms with van der Waals surface area (Å²) in [5, 5.41) is 9.61. The zero-order valence-electron chi connectivity index (χ0n) is 23.8. The molecule has 2 aromatic rings. The van der Waals surface area contributed by atoms with Crippen molar-refractivity contribution in [2.24, 2.45) is 18.7 Å². The molecule has 16 heteroatoms. The summed E-state index contributed by atoms with van der Waals surface area (Å²) in [4.78, 5) is 43.5. The summed E-state index contributed by atoms with van der Waals surface area (Å²) < 4.78 is 38.4. The highest BCUT2D eigenvalue weighted by molar-refractivity contribution is 6.18. The Kier molecular flexibility index (Phi) is 18.0. The van der Waals surface area contributed by atoms with Crippen molar-refractivity contribution in [3.63, 3.8) is 0 Å². The molecule has 0 aliphatic carbocycles. The molecule has 234 valence electrons. The molecule has 1 amide bonds. The van der Waals surface area contributed by atoms with E-state index in [9.17, 15) is 22.8 Å². The van der Waals surface area contributed by atoms with E-state index >= 15 is 0 Å². The lowest BCUT2D eigenvalue weighted by molar-refractivity contribution is -0.192. The van der Waals surface area contributed by atoms with E-state index in [1.807, 2.05) is 17.7 Å². The van der Waals surface area contributed by atoms with Crippen LogP contribution in [0.2, 0.25) is 0 Å². The Morgan fingerprint density at radius 1 is 1.20 bits per heavy atom. The number of nitrogens with zero attached hydrogens (tertiary/aromatic N) is 4. The van der Waals surface area contributed by atoms with Crippen LogP contribution in [0, 0.1) is 5.92 Å². The number of aromatic nitrogens is 3. The lowest BCUT2D eigenvalue weighted by Crippen LogP contribution is -2.43. The minimum absolute atomic E-state index is 0.194. The summed E-state index contributed by atoms with van der Waals surface area (Å²) in [6.07, 6.45) is -2.44. The van der Waals surface area contributed by atoms with Gasteiger partial charge in [0.25, 0.3) is 0 Å². The number of anilines is 1. The molecule has 0 spiro atoms. The van der Waals surface area contributed by atoms with Crippen molar-refractivity contribution in [1.29, 1.82) is 0 Å². The van der Waals surface area contributed by atoms with E-state index in [0.29, 0.717) is 37.7 Å². The van der Waals surface area contributed by atoms with Crippen LogP contribution < -0.4 is 16.0 Å². The first-order chi connectivity index (χ1) is 19.1. The van der Waals surface area contributed by atoms with Crippen LogP contribution in [-0.2, 0) is 32.6 Å². The lowest BCUT2D eigenvalue weighted by atomic mass is 10.1. The maximum atomic E-state index is 12.1. The van der Waals surface area contributed by atoms with Crippen LogP contribution in [0.25, 0.3) is 11.2 Å². The molecule has 11 nitrogen and oxygen atoms in total. The van der Waals surface area contributed by atoms with Gasteiger partial charge in [0.05, 0.1) is 24.5 Å². The number of aliphatic carboxylic acids is 1. The Morgan fingerprint density at radius 2 is 1.73 bits per heavy atom. The van der Waals surface area contributed by atoms with E-state index in [0.717, 1.165) is 28.6 Å². The van der Waals surface area contributed by atoms with E-state index in [4.69, 9.17) is 43.6 Å². The third-order valence-corrected chi connectivity index (χ3v) is 5.17. The number of nitrogens with two attached hydrogens (primary N) is 1. The van der Waals surface area contributed by atoms with E-state index in [1.54, 1.807) is 13.1 Å². The van der Waals surface area contributed by atoms with Crippen molar-refractivity contribution in [2.45, 2.75) is 52.8 Å². The molecule has 1 atom stereocenters. The second kappa shape index (κ2) is 19.3. The standard InChI is InChI=1S/C19H28Cl2N6O3.C4H10.C2HF3O2/c1-3-30-17(28)12-24-19(29)14(22)4-5-16-25-15-10-13(11-23-18(15)26(16)2)27(8-6-20)9-7-21;1-4(2)3;3-2(4,5)1(6)7/h10-11,14H,3-9,12,22H2,1-2H3,(H,24,29);4H,1-3H3;(H,6,7). The van der Waals surface area contributed by atoms with Crippen LogP contribution in [0.1, 0.15) is 39.9 Å². The van der Waals surface area contributed by atoms with Gasteiger partial charge in [0.1, 0.15) is 17.9 Å². The van der Waals surface area contributed by atoms with E-state index < -0.39 is 30.1 Å². The number of carboxylic acid groups (broad SMARTS) is 1. The smallest absolute Gasteiger partial charge is 0.475 e. The number of carbonyl (C=O) groups excluding carboxylic acids is 2. The van der Waals surface area contributed by atoms with Gasteiger partial charge in [-0.05, 0) is 25.3 Å². The van der Waals surface area contributed by atoms with Crippen molar-refractivity contribution in [3.8, 4) is 0 Å². The minimum Gasteiger partial charge on any atom is -0.475 e. The lowest BCUT2D eigenvalue weighted by Gasteiger charge is -2.22. The first-order valence-electron chi connectivity index (χ1n) is 12.8. The molecule has 0 aromatic carbocycles. The van der Waals surface area contributed by atoms with Crippen LogP contribution in [0.4, 0.5) is 18.9 Å². The van der Waals surface area contributed by atoms with Crippen LogP contribution in [0.5, 0.6) is 0 Å². The molecule has 41 heavy (non-hydrogen) atoms. The fraction of sp³-hybridized carbons (Fsp3) is 0.640. The molecule has 0 fully saturated rings. The van der Waals surface area contributed by atoms with Gasteiger partial charge in [-0.2, -0.15) is 13.2 Å². The van der Waals surface area contributed by atoms with Gasteiger partial charge in [0.15, 0.2) is 5.65 Å². The third kappa shape index (κ3) is 15.1. The van der Waals surface area contributed by atoms with Crippen LogP contribution in [-0.4, -0.2) is 87.7 Å². The number of alkyl halides is 5. The molecule has 0 saturated heterocycles. The summed E-state index contributed by atoms with van der Waals surface area (Å²) in [6, 6.07) is 1.20. The molecule has 2 heterocycles. The van der Waals surface area contributed by atoms with Crippen molar-refractivity contribution >= 4 is 57.9 Å². The predicted octanol–water partition coefficient (Wildman–Crippen LogP) is 3.49. The van der Waals surface area contributed by atoms with Gasteiger partial charge in [-0.1, -0.05) is 20.8 Å². The molecule has 0 aliphatic rings. The number of hydrogen-bond donors (Lipinski definition) is 3. The number of aryl methyl sites for hydroxylation is 2. The number of pyridine rings is 1. The quantitative estimate of drug-likeness (QED) is 0.236. The summed E-state index contributed by atoms with van der Waals surface area (Å²) in [5.74, 6) is -1.08. The number of nitrogens with one attached hydrogen (secondary N) is 1. The minimum atomic E-state index is -5.08. The zero-order valence-corrected chi connectivity index (χ0v) is 25.3. The van der Waals surface area contributed by atoms with Gasteiger partial charge in [-0.25, -0.2) is 14.8 Å². The van der Waals surface area contributed by atoms with E-state index in [1.165, 1.54) is 0 Å². The van der Waals surface area contributed by atoms with Crippen molar-refractivity contribution < 1.29 is 37.4 Å². The molecule has 2 rings (SSSR count). The summed E-state index contributed by atoms with van der Waals surface area (Å²) in [5.41, 5.74) is 8.35. The number of ether oxygens (including phenoxy) is 1. The molecule has 0 bridgehead atoms. The van der Waals surface area contributed by atoms with Gasteiger partial charge in [-0.3, -0.25) is 9.59 Å². The van der Waals surface area contributed by atoms with E-state index in [2.05, 4.69) is 41.0 Å². The van der Waals surface area contributed by atoms with Crippen LogP contribution in [0.15, 0.2) is 12.3 Å². The molecule has 0 aliphatic heterocycles. The van der Waals surface area contributed by atoms with Crippen molar-refractivity contribution in [1.82, 2.24) is 19.9 Å². The highest BCUT2D eigenvalue weighted by Gasteiger charge is 2.38. The Balaban J connectivity index is 0.00000123. The molecule has 2 aromatic heterocycles. The molecular formula is C25H39Cl2F3N6O5. The molecular weight excluding hydrogens is 592 g/mol. The van der Waals surface area contributed by atoms with Crippen LogP contribution >= 0.6 is 23.2 Å². The molecule has 4 N–H and O–H groups in total. The fourth-order valence-corrected chi connectivity index (χ4v) is 3.41. The van der Waals surface area contributed by atoms with Gasteiger partial charge >= 0.3 is 18.1 Å². The SMILES string of the molecule is CC(C)C.CCOC(=O)CNC(=O)C(N)CCc1nc2cc(N(CCCl)CCCl)cnc2n1C.O=C(O)C(F)(F)F. The predicted molar refractivity (Wildman–Crippen MR) is 152 cm³/mol. The average molecular weight is 632 g/mol. The van der Waals surface area contributed by atoms with Gasteiger partial charge in [0, 0.05) is 38.3 Å². The van der Waals surface area contributed by atoms with Gasteiger partial charge < -0.3 is 30.4 Å². The summed E-state index contributed by atoms with van der Waals surface area (Å²) in [6.45, 7) is 9.60. The fourth-order valence-electron chi connectivity index (χ4n) is 3.00. The topological polar surface area (TPSA) is 153 Å². The summed E-state index contributed by atoms with van der Waals surface area (Å²) >= 11 is 11.8. The number of hydrogen-bond acceptors (Lipinski definition) is 8. The number of rotatable bonds is 12.